The molecule has 1 aromatic carbocycles. The van der Waals surface area contributed by atoms with Gasteiger partial charge in [-0.3, -0.25) is 4.79 Å². The van der Waals surface area contributed by atoms with Gasteiger partial charge in [0.1, 0.15) is 5.52 Å². The summed E-state index contributed by atoms with van der Waals surface area (Å²) in [5.41, 5.74) is 7.01. The maximum Gasteiger partial charge on any atom is 0.222 e. The molecule has 0 unspecified atom stereocenters. The van der Waals surface area contributed by atoms with Crippen molar-refractivity contribution in [2.75, 3.05) is 19.6 Å². The number of rotatable bonds is 4. The molecule has 1 fully saturated rings. The van der Waals surface area contributed by atoms with Crippen LogP contribution in [0.5, 0.6) is 0 Å². The number of halogens is 3. The Kier molecular flexibility index (Phi) is 8.30. The lowest BCUT2D eigenvalue weighted by molar-refractivity contribution is -0.132. The van der Waals surface area contributed by atoms with Gasteiger partial charge in [0.05, 0.1) is 0 Å². The molecule has 0 spiro atoms. The number of hydrogen-bond acceptors (Lipinski definition) is 4. The molecule has 8 heteroatoms. The molecule has 1 aromatic heterocycles. The third kappa shape index (κ3) is 4.76. The molecule has 24 heavy (non-hydrogen) atoms. The SMILES string of the molecule is Cl.Cl.NCCCC(=O)N1CCC(c2nc3cc(Cl)ccc3o2)CC1. The van der Waals surface area contributed by atoms with Crippen LogP contribution in [0.3, 0.4) is 0 Å². The lowest BCUT2D eigenvalue weighted by Crippen LogP contribution is -2.38. The number of aromatic nitrogens is 1. The van der Waals surface area contributed by atoms with Gasteiger partial charge >= 0.3 is 0 Å². The standard InChI is InChI=1S/C16H20ClN3O2.2ClH/c17-12-3-4-14-13(10-12)19-16(22-14)11-5-8-20(9-6-11)15(21)2-1-7-18;;/h3-4,10-11H,1-2,5-9,18H2;2*1H. The van der Waals surface area contributed by atoms with E-state index >= 15 is 0 Å². The first kappa shape index (κ1) is 21.0. The molecule has 1 amide bonds. The van der Waals surface area contributed by atoms with Crippen LogP contribution in [-0.4, -0.2) is 35.4 Å². The van der Waals surface area contributed by atoms with Crippen molar-refractivity contribution in [3.8, 4) is 0 Å². The Balaban J connectivity index is 0.00000144. The number of benzene rings is 1. The van der Waals surface area contributed by atoms with E-state index in [2.05, 4.69) is 4.98 Å². The Morgan fingerprint density at radius 1 is 1.33 bits per heavy atom. The van der Waals surface area contributed by atoms with Crippen LogP contribution in [0.2, 0.25) is 5.02 Å². The van der Waals surface area contributed by atoms with Crippen molar-refractivity contribution < 1.29 is 9.21 Å². The van der Waals surface area contributed by atoms with Gasteiger partial charge in [-0.1, -0.05) is 11.6 Å². The first-order valence-corrected chi connectivity index (χ1v) is 8.09. The summed E-state index contributed by atoms with van der Waals surface area (Å²) >= 11 is 5.97. The van der Waals surface area contributed by atoms with Crippen molar-refractivity contribution >= 4 is 53.4 Å². The Bertz CT molecular complexity index is 670. The molecule has 0 bridgehead atoms. The van der Waals surface area contributed by atoms with E-state index in [9.17, 15) is 4.79 Å². The maximum absolute atomic E-state index is 12.0. The van der Waals surface area contributed by atoms with E-state index in [-0.39, 0.29) is 36.6 Å². The van der Waals surface area contributed by atoms with Gasteiger partial charge < -0.3 is 15.1 Å². The van der Waals surface area contributed by atoms with E-state index in [1.807, 2.05) is 17.0 Å². The van der Waals surface area contributed by atoms with Crippen LogP contribution in [0, 0.1) is 0 Å². The van der Waals surface area contributed by atoms with E-state index in [0.717, 1.165) is 49.3 Å². The second kappa shape index (κ2) is 9.47. The first-order valence-electron chi connectivity index (χ1n) is 7.71. The Morgan fingerprint density at radius 3 is 2.71 bits per heavy atom. The number of piperidine rings is 1. The molecule has 2 N–H and O–H groups in total. The summed E-state index contributed by atoms with van der Waals surface area (Å²) in [6.45, 7) is 2.08. The minimum atomic E-state index is 0. The summed E-state index contributed by atoms with van der Waals surface area (Å²) in [5, 5.41) is 0.660. The summed E-state index contributed by atoms with van der Waals surface area (Å²) in [5.74, 6) is 1.23. The minimum Gasteiger partial charge on any atom is -0.440 e. The number of fused-ring (bicyclic) bond motifs is 1. The van der Waals surface area contributed by atoms with Crippen LogP contribution in [0.25, 0.3) is 11.1 Å². The molecule has 1 saturated heterocycles. The molecule has 1 aliphatic heterocycles. The van der Waals surface area contributed by atoms with Crippen LogP contribution in [-0.2, 0) is 4.79 Å². The summed E-state index contributed by atoms with van der Waals surface area (Å²) in [7, 11) is 0. The topological polar surface area (TPSA) is 72.4 Å². The molecule has 1 aliphatic rings. The second-order valence-electron chi connectivity index (χ2n) is 5.71. The largest absolute Gasteiger partial charge is 0.440 e. The molecular formula is C16H22Cl3N3O2. The van der Waals surface area contributed by atoms with Crippen molar-refractivity contribution in [1.82, 2.24) is 9.88 Å². The molecule has 0 atom stereocenters. The molecule has 134 valence electrons. The van der Waals surface area contributed by atoms with E-state index in [0.29, 0.717) is 18.0 Å². The average molecular weight is 395 g/mol. The number of carbonyl (C=O) groups excluding carboxylic acids is 1. The molecule has 2 heterocycles. The van der Waals surface area contributed by atoms with Gasteiger partial charge in [-0.2, -0.15) is 0 Å². The highest BCUT2D eigenvalue weighted by Crippen LogP contribution is 2.31. The summed E-state index contributed by atoms with van der Waals surface area (Å²) in [6, 6.07) is 5.46. The quantitative estimate of drug-likeness (QED) is 0.856. The Hall–Kier alpha value is -1.01. The average Bonchev–Trinajstić information content (AvgIpc) is 2.95. The van der Waals surface area contributed by atoms with Gasteiger partial charge in [0, 0.05) is 30.5 Å². The molecule has 0 saturated carbocycles. The van der Waals surface area contributed by atoms with Crippen LogP contribution in [0.1, 0.15) is 37.5 Å². The molecule has 2 aromatic rings. The number of nitrogens with zero attached hydrogens (tertiary/aromatic N) is 2. The van der Waals surface area contributed by atoms with Gasteiger partial charge in [0.2, 0.25) is 5.91 Å². The summed E-state index contributed by atoms with van der Waals surface area (Å²) < 4.78 is 5.83. The number of carbonyl (C=O) groups is 1. The van der Waals surface area contributed by atoms with Gasteiger partial charge in [0.15, 0.2) is 11.5 Å². The van der Waals surface area contributed by atoms with E-state index in [1.54, 1.807) is 6.07 Å². The first-order chi connectivity index (χ1) is 10.7. The maximum atomic E-state index is 12.0. The minimum absolute atomic E-state index is 0. The molecular weight excluding hydrogens is 373 g/mol. The predicted octanol–water partition coefficient (Wildman–Crippen LogP) is 3.77. The smallest absolute Gasteiger partial charge is 0.222 e. The number of oxazole rings is 1. The zero-order chi connectivity index (χ0) is 15.5. The van der Waals surface area contributed by atoms with Gasteiger partial charge in [-0.25, -0.2) is 4.98 Å². The zero-order valence-corrected chi connectivity index (χ0v) is 15.6. The third-order valence-electron chi connectivity index (χ3n) is 4.16. The van der Waals surface area contributed by atoms with Crippen LogP contribution >= 0.6 is 36.4 Å². The fourth-order valence-corrected chi connectivity index (χ4v) is 3.05. The lowest BCUT2D eigenvalue weighted by atomic mass is 9.96. The molecule has 3 rings (SSSR count). The fraction of sp³-hybridized carbons (Fsp3) is 0.500. The monoisotopic (exact) mass is 393 g/mol. The fourth-order valence-electron chi connectivity index (χ4n) is 2.88. The molecule has 0 aliphatic carbocycles. The second-order valence-corrected chi connectivity index (χ2v) is 6.15. The molecule has 5 nitrogen and oxygen atoms in total. The van der Waals surface area contributed by atoms with Gasteiger partial charge in [0.25, 0.3) is 0 Å². The number of amides is 1. The van der Waals surface area contributed by atoms with Crippen LogP contribution in [0.15, 0.2) is 22.6 Å². The highest BCUT2D eigenvalue weighted by molar-refractivity contribution is 6.31. The number of nitrogens with two attached hydrogens (primary N) is 1. The Morgan fingerprint density at radius 2 is 2.04 bits per heavy atom. The summed E-state index contributed by atoms with van der Waals surface area (Å²) in [4.78, 5) is 18.5. The van der Waals surface area contributed by atoms with Crippen LogP contribution < -0.4 is 5.73 Å². The van der Waals surface area contributed by atoms with Crippen molar-refractivity contribution in [3.05, 3.63) is 29.1 Å². The van der Waals surface area contributed by atoms with E-state index in [4.69, 9.17) is 21.8 Å². The Labute approximate surface area is 158 Å². The highest BCUT2D eigenvalue weighted by atomic mass is 35.5. The van der Waals surface area contributed by atoms with Crippen molar-refractivity contribution in [2.45, 2.75) is 31.6 Å². The predicted molar refractivity (Wildman–Crippen MR) is 100 cm³/mol. The number of hydrogen-bond donors (Lipinski definition) is 1. The highest BCUT2D eigenvalue weighted by Gasteiger charge is 2.26. The van der Waals surface area contributed by atoms with Crippen molar-refractivity contribution in [1.29, 1.82) is 0 Å². The normalized spacial score (nSPS) is 15.0. The van der Waals surface area contributed by atoms with Gasteiger partial charge in [-0.05, 0) is 44.0 Å². The van der Waals surface area contributed by atoms with Crippen molar-refractivity contribution in [3.63, 3.8) is 0 Å². The van der Waals surface area contributed by atoms with Crippen molar-refractivity contribution in [2.24, 2.45) is 5.73 Å². The van der Waals surface area contributed by atoms with E-state index < -0.39 is 0 Å². The van der Waals surface area contributed by atoms with E-state index in [1.165, 1.54) is 0 Å². The van der Waals surface area contributed by atoms with Gasteiger partial charge in [-0.15, -0.1) is 24.8 Å². The summed E-state index contributed by atoms with van der Waals surface area (Å²) in [6.07, 6.45) is 3.07. The zero-order valence-electron chi connectivity index (χ0n) is 13.2. The molecule has 0 radical (unpaired) electrons. The van der Waals surface area contributed by atoms with Crippen LogP contribution in [0.4, 0.5) is 0 Å². The third-order valence-corrected chi connectivity index (χ3v) is 4.39. The number of likely N-dealkylation sites (tertiary alicyclic amines) is 1. The lowest BCUT2D eigenvalue weighted by Gasteiger charge is -2.30.